The minimum absolute atomic E-state index is 0.178. The van der Waals surface area contributed by atoms with Gasteiger partial charge in [-0.1, -0.05) is 59.2 Å². The fraction of sp³-hybridized carbons (Fsp3) is 0.316. The third kappa shape index (κ3) is 3.06. The first kappa shape index (κ1) is 17.2. The topological polar surface area (TPSA) is 35.8 Å². The Morgan fingerprint density at radius 1 is 1.00 bits per heavy atom. The average Bonchev–Trinajstić information content (AvgIpc) is 2.77. The van der Waals surface area contributed by atoms with Gasteiger partial charge in [0.05, 0.1) is 5.25 Å². The third-order valence-electron chi connectivity index (χ3n) is 4.71. The van der Waals surface area contributed by atoms with E-state index >= 15 is 0 Å². The Kier molecular flexibility index (Phi) is 4.71. The van der Waals surface area contributed by atoms with Crippen molar-refractivity contribution < 1.29 is 5.11 Å². The second-order valence-electron chi connectivity index (χ2n) is 6.31. The molecule has 2 unspecified atom stereocenters. The van der Waals surface area contributed by atoms with E-state index in [9.17, 15) is 5.11 Å². The van der Waals surface area contributed by atoms with Crippen LogP contribution in [0.2, 0.25) is 10.0 Å². The third-order valence-corrected chi connectivity index (χ3v) is 6.61. The van der Waals surface area contributed by atoms with Crippen LogP contribution >= 0.6 is 35.0 Å². The van der Waals surface area contributed by atoms with E-state index in [1.165, 1.54) is 0 Å². The molecule has 0 aromatic heterocycles. The number of fused-ring (bicyclic) bond motifs is 1. The Morgan fingerprint density at radius 2 is 1.64 bits per heavy atom. The van der Waals surface area contributed by atoms with Gasteiger partial charge in [-0.15, -0.1) is 0 Å². The normalized spacial score (nSPS) is 26.1. The zero-order valence-corrected chi connectivity index (χ0v) is 15.9. The van der Waals surface area contributed by atoms with Crippen LogP contribution in [0, 0.1) is 0 Å². The molecule has 2 aliphatic heterocycles. The summed E-state index contributed by atoms with van der Waals surface area (Å²) in [6, 6.07) is 15.1. The maximum Gasteiger partial charge on any atom is 0.182 e. The Morgan fingerprint density at radius 3 is 2.32 bits per heavy atom. The van der Waals surface area contributed by atoms with Gasteiger partial charge in [-0.2, -0.15) is 0 Å². The maximum absolute atomic E-state index is 11.9. The number of aliphatic imine (C=N–C) groups is 1. The lowest BCUT2D eigenvalue weighted by atomic mass is 9.92. The van der Waals surface area contributed by atoms with Crippen LogP contribution in [0.1, 0.15) is 29.2 Å². The molecule has 1 saturated heterocycles. The summed E-state index contributed by atoms with van der Waals surface area (Å²) in [5.41, 5.74) is 0.700. The number of amidine groups is 1. The molecule has 2 aromatic carbocycles. The van der Waals surface area contributed by atoms with Gasteiger partial charge in [0.2, 0.25) is 0 Å². The van der Waals surface area contributed by atoms with Crippen molar-refractivity contribution >= 4 is 40.1 Å². The standard InChI is InChI=1S/C19H18Cl2N2OS/c20-15-7-3-13(4-8-15)17-19(24,14-5-9-16(21)10-6-14)23-12-2-1-11-22-18(23)25-17/h3-10,17,24H,1-2,11-12H2. The average molecular weight is 393 g/mol. The fourth-order valence-corrected chi connectivity index (χ4v) is 5.13. The highest BCUT2D eigenvalue weighted by molar-refractivity contribution is 8.14. The maximum atomic E-state index is 11.9. The molecule has 25 heavy (non-hydrogen) atoms. The summed E-state index contributed by atoms with van der Waals surface area (Å²) in [6.45, 7) is 1.60. The largest absolute Gasteiger partial charge is 0.365 e. The van der Waals surface area contributed by atoms with E-state index in [4.69, 9.17) is 28.2 Å². The van der Waals surface area contributed by atoms with Crippen LogP contribution in [-0.4, -0.2) is 28.3 Å². The summed E-state index contributed by atoms with van der Waals surface area (Å²) < 4.78 is 0. The molecule has 2 atom stereocenters. The molecule has 6 heteroatoms. The molecule has 0 radical (unpaired) electrons. The van der Waals surface area contributed by atoms with Crippen molar-refractivity contribution in [2.45, 2.75) is 23.8 Å². The van der Waals surface area contributed by atoms with E-state index in [-0.39, 0.29) is 5.25 Å². The number of hydrogen-bond donors (Lipinski definition) is 1. The molecule has 0 spiro atoms. The number of benzene rings is 2. The number of hydrogen-bond acceptors (Lipinski definition) is 4. The first-order chi connectivity index (χ1) is 12.1. The summed E-state index contributed by atoms with van der Waals surface area (Å²) in [6.07, 6.45) is 2.06. The summed E-state index contributed by atoms with van der Waals surface area (Å²) in [5, 5.41) is 14.0. The molecule has 130 valence electrons. The smallest absolute Gasteiger partial charge is 0.182 e. The lowest BCUT2D eigenvalue weighted by Gasteiger charge is -2.38. The van der Waals surface area contributed by atoms with Crippen LogP contribution in [0.3, 0.4) is 0 Å². The van der Waals surface area contributed by atoms with Gasteiger partial charge < -0.3 is 10.0 Å². The molecule has 0 amide bonds. The Bertz CT molecular complexity index is 794. The highest BCUT2D eigenvalue weighted by Crippen LogP contribution is 2.54. The monoisotopic (exact) mass is 392 g/mol. The lowest BCUT2D eigenvalue weighted by molar-refractivity contribution is -0.0712. The molecular weight excluding hydrogens is 375 g/mol. The molecule has 4 rings (SSSR count). The van der Waals surface area contributed by atoms with Crippen molar-refractivity contribution in [2.75, 3.05) is 13.1 Å². The van der Waals surface area contributed by atoms with Crippen molar-refractivity contribution in [3.05, 3.63) is 69.7 Å². The van der Waals surface area contributed by atoms with Gasteiger partial charge in [0, 0.05) is 28.7 Å². The quantitative estimate of drug-likeness (QED) is 0.773. The summed E-state index contributed by atoms with van der Waals surface area (Å²) in [7, 11) is 0. The van der Waals surface area contributed by atoms with Crippen molar-refractivity contribution in [3.63, 3.8) is 0 Å². The van der Waals surface area contributed by atoms with E-state index in [2.05, 4.69) is 0 Å². The first-order valence-corrected chi connectivity index (χ1v) is 9.95. The molecule has 1 fully saturated rings. The molecule has 0 saturated carbocycles. The number of thioether (sulfide) groups is 1. The molecule has 1 N–H and O–H groups in total. The van der Waals surface area contributed by atoms with Crippen LogP contribution in [0.25, 0.3) is 0 Å². The molecular formula is C19H18Cl2N2OS. The van der Waals surface area contributed by atoms with Crippen LogP contribution in [-0.2, 0) is 5.72 Å². The highest BCUT2D eigenvalue weighted by Gasteiger charge is 2.53. The van der Waals surface area contributed by atoms with E-state index in [1.54, 1.807) is 11.8 Å². The van der Waals surface area contributed by atoms with Crippen molar-refractivity contribution in [3.8, 4) is 0 Å². The van der Waals surface area contributed by atoms with Crippen molar-refractivity contribution in [2.24, 2.45) is 4.99 Å². The van der Waals surface area contributed by atoms with E-state index in [1.807, 2.05) is 53.4 Å². The predicted octanol–water partition coefficient (Wildman–Crippen LogP) is 5.08. The van der Waals surface area contributed by atoms with Crippen LogP contribution in [0.15, 0.2) is 53.5 Å². The molecule has 0 bridgehead atoms. The van der Waals surface area contributed by atoms with Gasteiger partial charge >= 0.3 is 0 Å². The lowest BCUT2D eigenvalue weighted by Crippen LogP contribution is -2.46. The Hall–Kier alpha value is -1.20. The highest BCUT2D eigenvalue weighted by atomic mass is 35.5. The zero-order chi connectivity index (χ0) is 17.4. The molecule has 2 aliphatic rings. The molecule has 3 nitrogen and oxygen atoms in total. The summed E-state index contributed by atoms with van der Waals surface area (Å²) in [5.74, 6) is 0. The summed E-state index contributed by atoms with van der Waals surface area (Å²) in [4.78, 5) is 6.76. The van der Waals surface area contributed by atoms with Crippen LogP contribution in [0.5, 0.6) is 0 Å². The van der Waals surface area contributed by atoms with Gasteiger partial charge in [0.25, 0.3) is 0 Å². The minimum atomic E-state index is -1.16. The van der Waals surface area contributed by atoms with E-state index < -0.39 is 5.72 Å². The van der Waals surface area contributed by atoms with Gasteiger partial charge in [0.1, 0.15) is 0 Å². The second kappa shape index (κ2) is 6.84. The SMILES string of the molecule is OC1(c2ccc(Cl)cc2)C(c2ccc(Cl)cc2)SC2=NCCCCN21. The Balaban J connectivity index is 1.84. The van der Waals surface area contributed by atoms with Crippen molar-refractivity contribution in [1.82, 2.24) is 4.90 Å². The van der Waals surface area contributed by atoms with E-state index in [0.717, 1.165) is 42.2 Å². The molecule has 0 aliphatic carbocycles. The van der Waals surface area contributed by atoms with Gasteiger partial charge in [-0.25, -0.2) is 0 Å². The number of rotatable bonds is 2. The first-order valence-electron chi connectivity index (χ1n) is 8.31. The Labute approximate surface area is 161 Å². The van der Waals surface area contributed by atoms with Gasteiger partial charge in [0.15, 0.2) is 10.9 Å². The predicted molar refractivity (Wildman–Crippen MR) is 105 cm³/mol. The van der Waals surface area contributed by atoms with Gasteiger partial charge in [-0.3, -0.25) is 4.99 Å². The number of halogens is 2. The van der Waals surface area contributed by atoms with Crippen LogP contribution < -0.4 is 0 Å². The second-order valence-corrected chi connectivity index (χ2v) is 8.25. The van der Waals surface area contributed by atoms with E-state index in [0.29, 0.717) is 10.0 Å². The van der Waals surface area contributed by atoms with Crippen molar-refractivity contribution in [1.29, 1.82) is 0 Å². The zero-order valence-electron chi connectivity index (χ0n) is 13.5. The fourth-order valence-electron chi connectivity index (χ4n) is 3.42. The van der Waals surface area contributed by atoms with Gasteiger partial charge in [-0.05, 0) is 42.7 Å². The molecule has 2 aromatic rings. The number of nitrogens with zero attached hydrogens (tertiary/aromatic N) is 2. The number of aliphatic hydroxyl groups is 1. The minimum Gasteiger partial charge on any atom is -0.365 e. The van der Waals surface area contributed by atoms with Crippen LogP contribution in [0.4, 0.5) is 0 Å². The molecule has 2 heterocycles. The summed E-state index contributed by atoms with van der Waals surface area (Å²) >= 11 is 13.7.